The summed E-state index contributed by atoms with van der Waals surface area (Å²) in [5.74, 6) is -0.616. The predicted octanol–water partition coefficient (Wildman–Crippen LogP) is 3.55. The zero-order chi connectivity index (χ0) is 18.4. The fraction of sp³-hybridized carbons (Fsp3) is 0.222. The third-order valence-corrected chi connectivity index (χ3v) is 4.50. The van der Waals surface area contributed by atoms with E-state index in [0.29, 0.717) is 40.8 Å². The number of carbonyl (C=O) groups excluding carboxylic acids is 2. The Morgan fingerprint density at radius 2 is 1.80 bits per heavy atom. The number of carbonyl (C=O) groups is 2. The molecule has 25 heavy (non-hydrogen) atoms. The number of nitrogens with one attached hydrogen (secondary N) is 1. The Morgan fingerprint density at radius 1 is 1.12 bits per heavy atom. The molecule has 2 aromatic rings. The number of hydrogen-bond donors (Lipinski definition) is 2. The lowest BCUT2D eigenvalue weighted by atomic mass is 10.2. The molecule has 0 atom stereocenters. The van der Waals surface area contributed by atoms with E-state index in [2.05, 4.69) is 5.32 Å². The van der Waals surface area contributed by atoms with Gasteiger partial charge in [0.1, 0.15) is 0 Å². The van der Waals surface area contributed by atoms with Crippen LogP contribution in [0.2, 0.25) is 10.0 Å². The molecule has 5 nitrogen and oxygen atoms in total. The minimum Gasteiger partial charge on any atom is -0.366 e. The smallest absolute Gasteiger partial charge is 0.248 e. The Labute approximate surface area is 156 Å². The molecule has 2 rings (SSSR count). The maximum absolute atomic E-state index is 12.0. The molecule has 0 bridgehead atoms. The van der Waals surface area contributed by atoms with Gasteiger partial charge in [0, 0.05) is 30.8 Å². The number of hydrogen-bond acceptors (Lipinski definition) is 3. The lowest BCUT2D eigenvalue weighted by Gasteiger charge is -2.17. The Bertz CT molecular complexity index is 763. The highest BCUT2D eigenvalue weighted by Gasteiger charge is 2.09. The fourth-order valence-corrected chi connectivity index (χ4v) is 2.65. The minimum atomic E-state index is -0.501. The first-order valence-electron chi connectivity index (χ1n) is 7.68. The largest absolute Gasteiger partial charge is 0.366 e. The standard InChI is InChI=1S/C18H19Cl2N3O2/c1-23(11-13-3-2-4-15(19)17(13)20)10-9-16(24)22-14-7-5-12(6-8-14)18(21)25/h2-8H,9-11H2,1H3,(H2,21,25)(H,22,24). The molecule has 132 valence electrons. The second kappa shape index (κ2) is 8.85. The summed E-state index contributed by atoms with van der Waals surface area (Å²) >= 11 is 12.2. The molecule has 0 heterocycles. The predicted molar refractivity (Wildman–Crippen MR) is 101 cm³/mol. The summed E-state index contributed by atoms with van der Waals surface area (Å²) in [5, 5.41) is 3.84. The lowest BCUT2D eigenvalue weighted by molar-refractivity contribution is -0.116. The van der Waals surface area contributed by atoms with E-state index in [-0.39, 0.29) is 5.91 Å². The molecule has 2 aromatic carbocycles. The topological polar surface area (TPSA) is 75.4 Å². The number of rotatable bonds is 7. The van der Waals surface area contributed by atoms with E-state index >= 15 is 0 Å². The number of primary amides is 1. The van der Waals surface area contributed by atoms with E-state index in [4.69, 9.17) is 28.9 Å². The molecule has 0 aliphatic heterocycles. The first-order valence-corrected chi connectivity index (χ1v) is 8.43. The van der Waals surface area contributed by atoms with Crippen LogP contribution >= 0.6 is 23.2 Å². The molecule has 0 spiro atoms. The van der Waals surface area contributed by atoms with E-state index in [0.717, 1.165) is 5.56 Å². The second-order valence-electron chi connectivity index (χ2n) is 5.69. The van der Waals surface area contributed by atoms with Crippen LogP contribution in [0.15, 0.2) is 42.5 Å². The van der Waals surface area contributed by atoms with Gasteiger partial charge in [-0.2, -0.15) is 0 Å². The minimum absolute atomic E-state index is 0.115. The van der Waals surface area contributed by atoms with Crippen molar-refractivity contribution >= 4 is 40.7 Å². The van der Waals surface area contributed by atoms with Gasteiger partial charge in [0.25, 0.3) is 0 Å². The molecule has 0 saturated heterocycles. The number of anilines is 1. The summed E-state index contributed by atoms with van der Waals surface area (Å²) in [6.45, 7) is 1.16. The van der Waals surface area contributed by atoms with Crippen molar-refractivity contribution in [2.45, 2.75) is 13.0 Å². The summed E-state index contributed by atoms with van der Waals surface area (Å²) in [6, 6.07) is 11.9. The molecular weight excluding hydrogens is 361 g/mol. The average molecular weight is 380 g/mol. The van der Waals surface area contributed by atoms with Gasteiger partial charge in [-0.15, -0.1) is 0 Å². The SMILES string of the molecule is CN(CCC(=O)Nc1ccc(C(N)=O)cc1)Cc1cccc(Cl)c1Cl. The maximum atomic E-state index is 12.0. The van der Waals surface area contributed by atoms with Crippen LogP contribution in [-0.4, -0.2) is 30.3 Å². The molecule has 0 aliphatic rings. The Hall–Kier alpha value is -2.08. The molecule has 0 aliphatic carbocycles. The van der Waals surface area contributed by atoms with Crippen molar-refractivity contribution in [2.24, 2.45) is 5.73 Å². The zero-order valence-electron chi connectivity index (χ0n) is 13.8. The molecule has 0 aromatic heterocycles. The normalized spacial score (nSPS) is 10.7. The van der Waals surface area contributed by atoms with Crippen LogP contribution < -0.4 is 11.1 Å². The van der Waals surface area contributed by atoms with Gasteiger partial charge < -0.3 is 16.0 Å². The van der Waals surface area contributed by atoms with Crippen molar-refractivity contribution in [3.05, 3.63) is 63.6 Å². The average Bonchev–Trinajstić information content (AvgIpc) is 2.58. The van der Waals surface area contributed by atoms with Crippen molar-refractivity contribution in [1.29, 1.82) is 0 Å². The van der Waals surface area contributed by atoms with Gasteiger partial charge in [-0.1, -0.05) is 35.3 Å². The van der Waals surface area contributed by atoms with Crippen molar-refractivity contribution in [1.82, 2.24) is 4.90 Å². The van der Waals surface area contributed by atoms with Crippen LogP contribution in [0.5, 0.6) is 0 Å². The Kier molecular flexibility index (Phi) is 6.82. The number of halogens is 2. The van der Waals surface area contributed by atoms with Gasteiger partial charge in [0.2, 0.25) is 11.8 Å². The van der Waals surface area contributed by atoms with Crippen molar-refractivity contribution in [3.8, 4) is 0 Å². The Morgan fingerprint density at radius 3 is 2.44 bits per heavy atom. The summed E-state index contributed by atoms with van der Waals surface area (Å²) in [5.41, 5.74) is 7.12. The lowest BCUT2D eigenvalue weighted by Crippen LogP contribution is -2.24. The highest BCUT2D eigenvalue weighted by Crippen LogP contribution is 2.26. The van der Waals surface area contributed by atoms with E-state index in [9.17, 15) is 9.59 Å². The van der Waals surface area contributed by atoms with Crippen LogP contribution in [0.1, 0.15) is 22.3 Å². The number of nitrogens with zero attached hydrogens (tertiary/aromatic N) is 1. The summed E-state index contributed by atoms with van der Waals surface area (Å²) in [6.07, 6.45) is 0.326. The molecule has 2 amide bonds. The van der Waals surface area contributed by atoms with Gasteiger partial charge in [-0.25, -0.2) is 0 Å². The Balaban J connectivity index is 1.82. The molecule has 0 radical (unpaired) electrons. The monoisotopic (exact) mass is 379 g/mol. The van der Waals surface area contributed by atoms with Gasteiger partial charge >= 0.3 is 0 Å². The number of benzene rings is 2. The van der Waals surface area contributed by atoms with Crippen LogP contribution in [0.4, 0.5) is 5.69 Å². The van der Waals surface area contributed by atoms with Crippen LogP contribution in [0.25, 0.3) is 0 Å². The van der Waals surface area contributed by atoms with E-state index in [1.807, 2.05) is 24.1 Å². The van der Waals surface area contributed by atoms with Crippen molar-refractivity contribution in [3.63, 3.8) is 0 Å². The molecule has 0 saturated carbocycles. The molecule has 0 fully saturated rings. The highest BCUT2D eigenvalue weighted by atomic mass is 35.5. The van der Waals surface area contributed by atoms with Crippen LogP contribution in [0.3, 0.4) is 0 Å². The molecule has 7 heteroatoms. The number of nitrogens with two attached hydrogens (primary N) is 1. The third kappa shape index (κ3) is 5.74. The summed E-state index contributed by atoms with van der Waals surface area (Å²) < 4.78 is 0. The van der Waals surface area contributed by atoms with Gasteiger partial charge in [-0.3, -0.25) is 9.59 Å². The second-order valence-corrected chi connectivity index (χ2v) is 6.48. The first kappa shape index (κ1) is 19.2. The maximum Gasteiger partial charge on any atom is 0.248 e. The fourth-order valence-electron chi connectivity index (χ4n) is 2.27. The first-order chi connectivity index (χ1) is 11.9. The summed E-state index contributed by atoms with van der Waals surface area (Å²) in [4.78, 5) is 25.0. The highest BCUT2D eigenvalue weighted by molar-refractivity contribution is 6.42. The van der Waals surface area contributed by atoms with Gasteiger partial charge in [0.15, 0.2) is 0 Å². The van der Waals surface area contributed by atoms with Gasteiger partial charge in [-0.05, 0) is 42.9 Å². The third-order valence-electron chi connectivity index (χ3n) is 3.65. The van der Waals surface area contributed by atoms with E-state index < -0.39 is 5.91 Å². The molecular formula is C18H19Cl2N3O2. The number of amides is 2. The zero-order valence-corrected chi connectivity index (χ0v) is 15.3. The van der Waals surface area contributed by atoms with Gasteiger partial charge in [0.05, 0.1) is 10.0 Å². The van der Waals surface area contributed by atoms with Crippen LogP contribution in [0, 0.1) is 0 Å². The molecule has 3 N–H and O–H groups in total. The van der Waals surface area contributed by atoms with Crippen molar-refractivity contribution < 1.29 is 9.59 Å². The quantitative estimate of drug-likeness (QED) is 0.771. The molecule has 0 unspecified atom stereocenters. The summed E-state index contributed by atoms with van der Waals surface area (Å²) in [7, 11) is 1.91. The van der Waals surface area contributed by atoms with Crippen molar-refractivity contribution in [2.75, 3.05) is 18.9 Å². The van der Waals surface area contributed by atoms with Crippen LogP contribution in [-0.2, 0) is 11.3 Å². The van der Waals surface area contributed by atoms with E-state index in [1.165, 1.54) is 0 Å². The van der Waals surface area contributed by atoms with E-state index in [1.54, 1.807) is 30.3 Å².